The van der Waals surface area contributed by atoms with Gasteiger partial charge in [-0.05, 0) is 17.0 Å². The first-order valence-corrected chi connectivity index (χ1v) is 6.23. The molecule has 5 heteroatoms. The second kappa shape index (κ2) is 3.77. The summed E-state index contributed by atoms with van der Waals surface area (Å²) >= 11 is 0. The van der Waals surface area contributed by atoms with E-state index in [1.54, 1.807) is 30.3 Å². The van der Waals surface area contributed by atoms with Gasteiger partial charge in [-0.15, -0.1) is 0 Å². The first-order valence-electron chi connectivity index (χ1n) is 4.62. The SMILES string of the molecule is O=S(=O)(O)Cc1cccc2c(O)cccc12. The number of phenols is 1. The first kappa shape index (κ1) is 10.9. The summed E-state index contributed by atoms with van der Waals surface area (Å²) in [4.78, 5) is 0. The fraction of sp³-hybridized carbons (Fsp3) is 0.0909. The number of rotatable bonds is 2. The molecule has 2 aromatic rings. The molecule has 84 valence electrons. The molecule has 0 aliphatic carbocycles. The number of aromatic hydroxyl groups is 1. The molecule has 0 heterocycles. The van der Waals surface area contributed by atoms with Crippen molar-refractivity contribution in [3.8, 4) is 5.75 Å². The Bertz CT molecular complexity index is 631. The zero-order chi connectivity index (χ0) is 11.8. The minimum Gasteiger partial charge on any atom is -0.507 e. The van der Waals surface area contributed by atoms with E-state index in [0.717, 1.165) is 0 Å². The average molecular weight is 238 g/mol. The molecule has 0 saturated heterocycles. The van der Waals surface area contributed by atoms with Crippen LogP contribution in [0.2, 0.25) is 0 Å². The summed E-state index contributed by atoms with van der Waals surface area (Å²) in [6.45, 7) is 0. The van der Waals surface area contributed by atoms with E-state index in [4.69, 9.17) is 4.55 Å². The third kappa shape index (κ3) is 2.15. The lowest BCUT2D eigenvalue weighted by molar-refractivity contribution is 0.480. The molecular weight excluding hydrogens is 228 g/mol. The molecule has 16 heavy (non-hydrogen) atoms. The summed E-state index contributed by atoms with van der Waals surface area (Å²) in [6.07, 6.45) is 0. The van der Waals surface area contributed by atoms with Crippen LogP contribution in [-0.2, 0) is 15.9 Å². The molecule has 0 saturated carbocycles. The van der Waals surface area contributed by atoms with E-state index >= 15 is 0 Å². The lowest BCUT2D eigenvalue weighted by Crippen LogP contribution is -2.01. The summed E-state index contributed by atoms with van der Waals surface area (Å²) in [5.74, 6) is -0.358. The van der Waals surface area contributed by atoms with Crippen molar-refractivity contribution in [3.63, 3.8) is 0 Å². The highest BCUT2D eigenvalue weighted by molar-refractivity contribution is 7.85. The molecule has 0 amide bonds. The summed E-state index contributed by atoms with van der Waals surface area (Å²) in [5.41, 5.74) is 0.468. The van der Waals surface area contributed by atoms with E-state index in [-0.39, 0.29) is 5.75 Å². The van der Waals surface area contributed by atoms with Gasteiger partial charge in [0.25, 0.3) is 10.1 Å². The molecule has 0 radical (unpaired) electrons. The monoisotopic (exact) mass is 238 g/mol. The van der Waals surface area contributed by atoms with E-state index in [1.165, 1.54) is 6.07 Å². The van der Waals surface area contributed by atoms with Crippen molar-refractivity contribution in [1.82, 2.24) is 0 Å². The second-order valence-electron chi connectivity index (χ2n) is 3.52. The normalized spacial score (nSPS) is 11.8. The Balaban J connectivity index is 2.67. The van der Waals surface area contributed by atoms with Crippen LogP contribution in [0.25, 0.3) is 10.8 Å². The third-order valence-corrected chi connectivity index (χ3v) is 3.00. The second-order valence-corrected chi connectivity index (χ2v) is 4.97. The topological polar surface area (TPSA) is 74.6 Å². The van der Waals surface area contributed by atoms with Gasteiger partial charge in [0.2, 0.25) is 0 Å². The van der Waals surface area contributed by atoms with Crippen LogP contribution in [0.1, 0.15) is 5.56 Å². The quantitative estimate of drug-likeness (QED) is 0.784. The van der Waals surface area contributed by atoms with Crippen LogP contribution < -0.4 is 0 Å². The van der Waals surface area contributed by atoms with Crippen LogP contribution in [0.3, 0.4) is 0 Å². The van der Waals surface area contributed by atoms with Gasteiger partial charge in [0.1, 0.15) is 11.5 Å². The number of hydrogen-bond acceptors (Lipinski definition) is 3. The molecule has 0 spiro atoms. The van der Waals surface area contributed by atoms with E-state index in [2.05, 4.69) is 0 Å². The lowest BCUT2D eigenvalue weighted by Gasteiger charge is -2.05. The lowest BCUT2D eigenvalue weighted by atomic mass is 10.1. The Morgan fingerprint density at radius 1 is 1.00 bits per heavy atom. The summed E-state index contributed by atoms with van der Waals surface area (Å²) < 4.78 is 30.5. The van der Waals surface area contributed by atoms with E-state index in [1.807, 2.05) is 0 Å². The predicted octanol–water partition coefficient (Wildman–Crippen LogP) is 1.93. The molecule has 0 unspecified atom stereocenters. The number of phenolic OH excluding ortho intramolecular Hbond substituents is 1. The Labute approximate surface area is 92.9 Å². The zero-order valence-corrected chi connectivity index (χ0v) is 9.11. The molecule has 0 aliphatic rings. The average Bonchev–Trinajstić information content (AvgIpc) is 2.17. The van der Waals surface area contributed by atoms with Gasteiger partial charge in [0, 0.05) is 5.39 Å². The van der Waals surface area contributed by atoms with Crippen LogP contribution in [0, 0.1) is 0 Å². The fourth-order valence-electron chi connectivity index (χ4n) is 1.68. The standard InChI is InChI=1S/C11H10O4S/c12-11-6-2-4-9-8(7-16(13,14)15)3-1-5-10(9)11/h1-6,12H,7H2,(H,13,14,15). The van der Waals surface area contributed by atoms with Crippen LogP contribution >= 0.6 is 0 Å². The maximum atomic E-state index is 10.8. The fourth-order valence-corrected chi connectivity index (χ4v) is 2.33. The van der Waals surface area contributed by atoms with Crippen molar-refractivity contribution >= 4 is 20.9 Å². The third-order valence-electron chi connectivity index (χ3n) is 2.33. The smallest absolute Gasteiger partial charge is 0.269 e. The highest BCUT2D eigenvalue weighted by Crippen LogP contribution is 2.27. The van der Waals surface area contributed by atoms with Gasteiger partial charge in [-0.2, -0.15) is 8.42 Å². The highest BCUT2D eigenvalue weighted by atomic mass is 32.2. The predicted molar refractivity (Wildman–Crippen MR) is 60.9 cm³/mol. The van der Waals surface area contributed by atoms with Gasteiger partial charge >= 0.3 is 0 Å². The van der Waals surface area contributed by atoms with E-state index in [0.29, 0.717) is 16.3 Å². The summed E-state index contributed by atoms with van der Waals surface area (Å²) in [5, 5.41) is 10.8. The van der Waals surface area contributed by atoms with Crippen molar-refractivity contribution in [3.05, 3.63) is 42.0 Å². The number of benzene rings is 2. The van der Waals surface area contributed by atoms with E-state index < -0.39 is 15.9 Å². The van der Waals surface area contributed by atoms with Crippen molar-refractivity contribution < 1.29 is 18.1 Å². The largest absolute Gasteiger partial charge is 0.507 e. The van der Waals surface area contributed by atoms with Crippen LogP contribution in [-0.4, -0.2) is 18.1 Å². The molecule has 2 aromatic carbocycles. The Morgan fingerprint density at radius 2 is 1.62 bits per heavy atom. The minimum atomic E-state index is -4.06. The van der Waals surface area contributed by atoms with Gasteiger partial charge in [-0.25, -0.2) is 0 Å². The first-order chi connectivity index (χ1) is 7.47. The molecule has 0 bridgehead atoms. The van der Waals surface area contributed by atoms with Gasteiger partial charge in [-0.3, -0.25) is 4.55 Å². The van der Waals surface area contributed by atoms with E-state index in [9.17, 15) is 13.5 Å². The molecule has 0 aromatic heterocycles. The molecule has 2 rings (SSSR count). The van der Waals surface area contributed by atoms with Gasteiger partial charge in [0.05, 0.1) is 0 Å². The van der Waals surface area contributed by atoms with Crippen molar-refractivity contribution in [1.29, 1.82) is 0 Å². The maximum Gasteiger partial charge on any atom is 0.269 e. The Kier molecular flexibility index (Phi) is 2.57. The molecule has 0 atom stereocenters. The van der Waals surface area contributed by atoms with Gasteiger partial charge < -0.3 is 5.11 Å². The Hall–Kier alpha value is -1.59. The van der Waals surface area contributed by atoms with Crippen molar-refractivity contribution in [2.75, 3.05) is 0 Å². The van der Waals surface area contributed by atoms with Crippen LogP contribution in [0.5, 0.6) is 5.75 Å². The molecule has 0 aliphatic heterocycles. The van der Waals surface area contributed by atoms with Crippen LogP contribution in [0.15, 0.2) is 36.4 Å². The van der Waals surface area contributed by atoms with Crippen molar-refractivity contribution in [2.45, 2.75) is 5.75 Å². The molecule has 4 nitrogen and oxygen atoms in total. The summed E-state index contributed by atoms with van der Waals surface area (Å²) in [7, 11) is -4.06. The Morgan fingerprint density at radius 3 is 2.31 bits per heavy atom. The number of hydrogen-bond donors (Lipinski definition) is 2. The van der Waals surface area contributed by atoms with Crippen molar-refractivity contribution in [2.24, 2.45) is 0 Å². The highest BCUT2D eigenvalue weighted by Gasteiger charge is 2.10. The maximum absolute atomic E-state index is 10.8. The minimum absolute atomic E-state index is 0.0923. The molecule has 0 fully saturated rings. The summed E-state index contributed by atoms with van der Waals surface area (Å²) in [6, 6.07) is 9.80. The van der Waals surface area contributed by atoms with Crippen LogP contribution in [0.4, 0.5) is 0 Å². The van der Waals surface area contributed by atoms with Gasteiger partial charge in [0.15, 0.2) is 0 Å². The zero-order valence-electron chi connectivity index (χ0n) is 8.29. The molecular formula is C11H10O4S. The molecule has 2 N–H and O–H groups in total. The number of fused-ring (bicyclic) bond motifs is 1. The van der Waals surface area contributed by atoms with Gasteiger partial charge in [-0.1, -0.05) is 30.3 Å².